The summed E-state index contributed by atoms with van der Waals surface area (Å²) in [6.07, 6.45) is 1.90. The monoisotopic (exact) mass is 258 g/mol. The molecule has 1 aromatic heterocycles. The highest BCUT2D eigenvalue weighted by Crippen LogP contribution is 2.29. The number of hydrogen-bond acceptors (Lipinski definition) is 4. The Labute approximate surface area is 102 Å². The van der Waals surface area contributed by atoms with Gasteiger partial charge in [0.25, 0.3) is 5.91 Å². The highest BCUT2D eigenvalue weighted by Gasteiger charge is 2.34. The van der Waals surface area contributed by atoms with Crippen LogP contribution in [0.5, 0.6) is 0 Å². The summed E-state index contributed by atoms with van der Waals surface area (Å²) in [6.45, 7) is 0.430. The summed E-state index contributed by atoms with van der Waals surface area (Å²) in [4.78, 5) is 23.4. The zero-order valence-electron chi connectivity index (χ0n) is 8.97. The first-order chi connectivity index (χ1) is 8.13. The third-order valence-corrected chi connectivity index (χ3v) is 2.73. The second-order valence-electron chi connectivity index (χ2n) is 3.81. The molecule has 0 radical (unpaired) electrons. The van der Waals surface area contributed by atoms with Crippen molar-refractivity contribution in [3.8, 4) is 0 Å². The molecule has 1 aromatic rings. The Kier molecular flexibility index (Phi) is 3.33. The Morgan fingerprint density at radius 1 is 1.59 bits per heavy atom. The lowest BCUT2D eigenvalue weighted by Crippen LogP contribution is -2.34. The summed E-state index contributed by atoms with van der Waals surface area (Å²) >= 11 is 5.62. The quantitative estimate of drug-likeness (QED) is 0.460. The highest BCUT2D eigenvalue weighted by atomic mass is 35.5. The summed E-state index contributed by atoms with van der Waals surface area (Å²) in [7, 11) is 0. The van der Waals surface area contributed by atoms with Gasteiger partial charge >= 0.3 is 5.88 Å². The molecule has 2 rings (SSSR count). The molecule has 0 aliphatic heterocycles. The van der Waals surface area contributed by atoms with Crippen molar-refractivity contribution in [3.05, 3.63) is 28.0 Å². The van der Waals surface area contributed by atoms with Gasteiger partial charge in [-0.2, -0.15) is 0 Å². The van der Waals surface area contributed by atoms with Crippen molar-refractivity contribution in [1.82, 2.24) is 4.90 Å². The van der Waals surface area contributed by atoms with E-state index < -0.39 is 10.8 Å². The van der Waals surface area contributed by atoms with Crippen molar-refractivity contribution >= 4 is 23.4 Å². The molecular formula is C10H11ClN2O4. The van der Waals surface area contributed by atoms with Gasteiger partial charge in [0.15, 0.2) is 5.76 Å². The van der Waals surface area contributed by atoms with Crippen molar-refractivity contribution in [1.29, 1.82) is 0 Å². The molecule has 1 heterocycles. The van der Waals surface area contributed by atoms with Gasteiger partial charge in [-0.3, -0.25) is 14.9 Å². The van der Waals surface area contributed by atoms with Crippen LogP contribution in [0.1, 0.15) is 23.4 Å². The molecule has 0 spiro atoms. The number of carbonyl (C=O) groups excluding carboxylic acids is 1. The van der Waals surface area contributed by atoms with Crippen molar-refractivity contribution in [2.45, 2.75) is 18.9 Å². The van der Waals surface area contributed by atoms with E-state index in [-0.39, 0.29) is 17.7 Å². The number of hydrogen-bond donors (Lipinski definition) is 0. The minimum atomic E-state index is -0.667. The van der Waals surface area contributed by atoms with E-state index in [2.05, 4.69) is 0 Å². The maximum Gasteiger partial charge on any atom is 0.433 e. The van der Waals surface area contributed by atoms with Gasteiger partial charge in [-0.15, -0.1) is 11.6 Å². The summed E-state index contributed by atoms with van der Waals surface area (Å²) < 4.78 is 4.88. The molecule has 6 nitrogen and oxygen atoms in total. The maximum atomic E-state index is 12.0. The molecule has 0 saturated heterocycles. The molecule has 7 heteroatoms. The van der Waals surface area contributed by atoms with E-state index in [4.69, 9.17) is 16.0 Å². The van der Waals surface area contributed by atoms with Crippen LogP contribution in [0.25, 0.3) is 0 Å². The number of nitro groups is 1. The van der Waals surface area contributed by atoms with Crippen LogP contribution in [0.15, 0.2) is 16.5 Å². The molecular weight excluding hydrogens is 248 g/mol. The number of nitrogens with zero attached hydrogens (tertiary/aromatic N) is 2. The first-order valence-corrected chi connectivity index (χ1v) is 5.78. The fourth-order valence-corrected chi connectivity index (χ4v) is 1.79. The molecule has 0 atom stereocenters. The van der Waals surface area contributed by atoms with Crippen LogP contribution < -0.4 is 0 Å². The fraction of sp³-hybridized carbons (Fsp3) is 0.500. The number of amides is 1. The smallest absolute Gasteiger partial charge is 0.395 e. The molecule has 17 heavy (non-hydrogen) atoms. The first-order valence-electron chi connectivity index (χ1n) is 5.24. The number of alkyl halides is 1. The Morgan fingerprint density at radius 3 is 2.76 bits per heavy atom. The minimum Gasteiger partial charge on any atom is -0.395 e. The molecule has 1 amide bonds. The maximum absolute atomic E-state index is 12.0. The van der Waals surface area contributed by atoms with Crippen molar-refractivity contribution in [2.24, 2.45) is 0 Å². The SMILES string of the molecule is O=C(c1ccc([N+](=O)[O-])o1)N(CCCl)C1CC1. The first kappa shape index (κ1) is 11.9. The molecule has 0 unspecified atom stereocenters. The number of carbonyl (C=O) groups is 1. The van der Waals surface area contributed by atoms with Gasteiger partial charge in [0.05, 0.1) is 6.07 Å². The fourth-order valence-electron chi connectivity index (χ4n) is 1.61. The largest absolute Gasteiger partial charge is 0.433 e. The van der Waals surface area contributed by atoms with Crippen LogP contribution >= 0.6 is 11.6 Å². The molecule has 0 bridgehead atoms. The van der Waals surface area contributed by atoms with Crippen molar-refractivity contribution in [2.75, 3.05) is 12.4 Å². The Morgan fingerprint density at radius 2 is 2.29 bits per heavy atom. The standard InChI is InChI=1S/C10H11ClN2O4/c11-5-6-12(7-1-2-7)10(14)8-3-4-9(17-8)13(15)16/h3-4,7H,1-2,5-6H2. The molecule has 92 valence electrons. The highest BCUT2D eigenvalue weighted by molar-refractivity contribution is 6.18. The molecule has 0 aromatic carbocycles. The zero-order valence-corrected chi connectivity index (χ0v) is 9.72. The third-order valence-electron chi connectivity index (χ3n) is 2.56. The average Bonchev–Trinajstić information content (AvgIpc) is 3.00. The van der Waals surface area contributed by atoms with E-state index >= 15 is 0 Å². The van der Waals surface area contributed by atoms with Crippen LogP contribution in [0, 0.1) is 10.1 Å². The second-order valence-corrected chi connectivity index (χ2v) is 4.19. The normalized spacial score (nSPS) is 14.6. The Bertz CT molecular complexity index is 441. The summed E-state index contributed by atoms with van der Waals surface area (Å²) in [5.74, 6) is -0.421. The van der Waals surface area contributed by atoms with Gasteiger partial charge in [-0.05, 0) is 18.9 Å². The predicted octanol–water partition coefficient (Wildman–Crippen LogP) is 2.03. The van der Waals surface area contributed by atoms with Crippen LogP contribution in [-0.4, -0.2) is 34.2 Å². The van der Waals surface area contributed by atoms with E-state index in [0.29, 0.717) is 12.4 Å². The van der Waals surface area contributed by atoms with Gasteiger partial charge in [0, 0.05) is 18.5 Å². The molecule has 1 saturated carbocycles. The topological polar surface area (TPSA) is 76.6 Å². The van der Waals surface area contributed by atoms with Gasteiger partial charge < -0.3 is 9.32 Å². The summed E-state index contributed by atoms with van der Waals surface area (Å²) in [6, 6.07) is 2.70. The Hall–Kier alpha value is -1.56. The van der Waals surface area contributed by atoms with Crippen LogP contribution in [0.3, 0.4) is 0 Å². The summed E-state index contributed by atoms with van der Waals surface area (Å²) in [5, 5.41) is 10.4. The van der Waals surface area contributed by atoms with Gasteiger partial charge in [0.1, 0.15) is 4.92 Å². The van der Waals surface area contributed by atoms with Crippen LogP contribution in [0.2, 0.25) is 0 Å². The Balaban J connectivity index is 2.13. The third kappa shape index (κ3) is 2.58. The molecule has 1 aliphatic rings. The van der Waals surface area contributed by atoms with E-state index in [1.54, 1.807) is 4.90 Å². The van der Waals surface area contributed by atoms with Crippen LogP contribution in [-0.2, 0) is 0 Å². The lowest BCUT2D eigenvalue weighted by atomic mass is 10.3. The minimum absolute atomic E-state index is 0.00582. The van der Waals surface area contributed by atoms with E-state index in [9.17, 15) is 14.9 Å². The second kappa shape index (κ2) is 4.75. The van der Waals surface area contributed by atoms with Gasteiger partial charge in [-0.1, -0.05) is 0 Å². The summed E-state index contributed by atoms with van der Waals surface area (Å²) in [5.41, 5.74) is 0. The van der Waals surface area contributed by atoms with Crippen molar-refractivity contribution < 1.29 is 14.1 Å². The number of furan rings is 1. The lowest BCUT2D eigenvalue weighted by Gasteiger charge is -2.19. The average molecular weight is 259 g/mol. The predicted molar refractivity (Wildman–Crippen MR) is 60.1 cm³/mol. The van der Waals surface area contributed by atoms with Crippen molar-refractivity contribution in [3.63, 3.8) is 0 Å². The zero-order chi connectivity index (χ0) is 12.4. The van der Waals surface area contributed by atoms with Crippen LogP contribution in [0.4, 0.5) is 5.88 Å². The van der Waals surface area contributed by atoms with Gasteiger partial charge in [0.2, 0.25) is 0 Å². The lowest BCUT2D eigenvalue weighted by molar-refractivity contribution is -0.402. The molecule has 0 N–H and O–H groups in total. The number of halogens is 1. The number of rotatable bonds is 5. The van der Waals surface area contributed by atoms with E-state index in [1.165, 1.54) is 12.1 Å². The van der Waals surface area contributed by atoms with Gasteiger partial charge in [-0.25, -0.2) is 0 Å². The van der Waals surface area contributed by atoms with E-state index in [1.807, 2.05) is 0 Å². The molecule has 1 aliphatic carbocycles. The molecule has 1 fully saturated rings. The van der Waals surface area contributed by atoms with E-state index in [0.717, 1.165) is 12.8 Å².